The number of piperazine rings is 1. The van der Waals surface area contributed by atoms with Gasteiger partial charge in [0, 0.05) is 43.6 Å². The number of benzene rings is 2. The van der Waals surface area contributed by atoms with Crippen LogP contribution in [0.5, 0.6) is 11.5 Å². The van der Waals surface area contributed by atoms with Crippen LogP contribution >= 0.6 is 0 Å². The van der Waals surface area contributed by atoms with Gasteiger partial charge in [-0.1, -0.05) is 31.4 Å². The maximum atomic E-state index is 12.2. The first-order valence-corrected chi connectivity index (χ1v) is 14.8. The van der Waals surface area contributed by atoms with E-state index in [0.29, 0.717) is 5.75 Å². The van der Waals surface area contributed by atoms with Crippen LogP contribution < -0.4 is 19.3 Å². The molecule has 0 aliphatic carbocycles. The lowest BCUT2D eigenvalue weighted by molar-refractivity contribution is 0.355. The zero-order valence-electron chi connectivity index (χ0n) is 22.8. The lowest BCUT2D eigenvalue weighted by Crippen LogP contribution is -2.46. The Morgan fingerprint density at radius 2 is 1.25 bits per heavy atom. The number of nitrogens with zero attached hydrogens (tertiary/aromatic N) is 2. The molecule has 0 atom stereocenters. The lowest BCUT2D eigenvalue weighted by atomic mass is 10.0. The summed E-state index contributed by atoms with van der Waals surface area (Å²) in [5.41, 5.74) is 3.82. The lowest BCUT2D eigenvalue weighted by Gasteiger charge is -2.37. The topological polar surface area (TPSA) is 59.1 Å². The molecule has 0 unspecified atom stereocenters. The van der Waals surface area contributed by atoms with Crippen molar-refractivity contribution in [3.05, 3.63) is 48.0 Å². The van der Waals surface area contributed by atoms with Crippen LogP contribution in [0.3, 0.4) is 0 Å². The first-order valence-electron chi connectivity index (χ1n) is 13.2. The predicted octanol–water partition coefficient (Wildman–Crippen LogP) is 5.74. The van der Waals surface area contributed by atoms with E-state index in [1.807, 2.05) is 6.07 Å². The first kappa shape index (κ1) is 28.2. The molecule has 0 bridgehead atoms. The van der Waals surface area contributed by atoms with E-state index in [-0.39, 0.29) is 0 Å². The maximum Gasteiger partial charge on any atom is 0.162 e. The second-order valence-electron chi connectivity index (χ2n) is 10.6. The van der Waals surface area contributed by atoms with Gasteiger partial charge >= 0.3 is 0 Å². The molecule has 2 aromatic rings. The van der Waals surface area contributed by atoms with Crippen molar-refractivity contribution in [3.8, 4) is 11.5 Å². The Labute approximate surface area is 218 Å². The molecule has 0 aromatic heterocycles. The molecule has 0 saturated carbocycles. The van der Waals surface area contributed by atoms with E-state index < -0.39 is 14.6 Å². The number of sulfone groups is 1. The first-order chi connectivity index (χ1) is 17.1. The number of hydrogen-bond donors (Lipinski definition) is 0. The molecule has 36 heavy (non-hydrogen) atoms. The molecule has 1 aliphatic rings. The van der Waals surface area contributed by atoms with Gasteiger partial charge in [-0.2, -0.15) is 0 Å². The smallest absolute Gasteiger partial charge is 0.162 e. The number of methoxy groups -OCH3 is 2. The number of unbranched alkanes of at least 4 members (excludes halogenated alkanes) is 4. The number of aryl methyl sites for hydroxylation is 1. The molecule has 1 heterocycles. The molecule has 1 fully saturated rings. The van der Waals surface area contributed by atoms with Gasteiger partial charge in [-0.3, -0.25) is 0 Å². The number of ether oxygens (including phenoxy) is 2. The highest BCUT2D eigenvalue weighted by Gasteiger charge is 2.27. The SMILES string of the molecule is COc1ccc(N2CCN(c3ccc(CCCCCCCS(=O)(=O)C(C)(C)C)cc3)CC2)cc1OC. The van der Waals surface area contributed by atoms with Gasteiger partial charge in [0.25, 0.3) is 0 Å². The van der Waals surface area contributed by atoms with E-state index in [2.05, 4.69) is 46.2 Å². The minimum Gasteiger partial charge on any atom is -0.493 e. The Balaban J connectivity index is 1.37. The van der Waals surface area contributed by atoms with Crippen molar-refractivity contribution in [1.29, 1.82) is 0 Å². The summed E-state index contributed by atoms with van der Waals surface area (Å²) >= 11 is 0. The van der Waals surface area contributed by atoms with E-state index in [1.54, 1.807) is 35.0 Å². The molecular formula is C29H44N2O4S. The molecule has 3 rings (SSSR count). The summed E-state index contributed by atoms with van der Waals surface area (Å²) in [5.74, 6) is 1.83. The average molecular weight is 517 g/mol. The van der Waals surface area contributed by atoms with Crippen LogP contribution in [0.1, 0.15) is 58.4 Å². The number of hydrogen-bond acceptors (Lipinski definition) is 6. The standard InChI is InChI=1S/C29H44N2O4S/c1-29(2,3)36(32,33)22-10-8-6-7-9-11-24-12-14-25(15-13-24)30-18-20-31(21-19-30)26-16-17-27(34-4)28(23-26)35-5/h12-17,23H,6-11,18-22H2,1-5H3. The van der Waals surface area contributed by atoms with Gasteiger partial charge in [-0.25, -0.2) is 8.42 Å². The monoisotopic (exact) mass is 516 g/mol. The zero-order chi connectivity index (χ0) is 26.2. The molecule has 0 radical (unpaired) electrons. The van der Waals surface area contributed by atoms with Crippen LogP contribution in [0.4, 0.5) is 11.4 Å². The van der Waals surface area contributed by atoms with Crippen molar-refractivity contribution in [2.75, 3.05) is 56.0 Å². The van der Waals surface area contributed by atoms with Gasteiger partial charge < -0.3 is 19.3 Å². The van der Waals surface area contributed by atoms with Gasteiger partial charge in [0.05, 0.1) is 24.7 Å². The van der Waals surface area contributed by atoms with Crippen molar-refractivity contribution >= 4 is 21.2 Å². The second-order valence-corrected chi connectivity index (χ2v) is 13.5. The summed E-state index contributed by atoms with van der Waals surface area (Å²) in [7, 11) is 0.348. The highest BCUT2D eigenvalue weighted by molar-refractivity contribution is 7.92. The molecule has 6 nitrogen and oxygen atoms in total. The van der Waals surface area contributed by atoms with Crippen molar-refractivity contribution in [3.63, 3.8) is 0 Å². The molecule has 7 heteroatoms. The Morgan fingerprint density at radius 3 is 1.83 bits per heavy atom. The van der Waals surface area contributed by atoms with Crippen LogP contribution in [0.2, 0.25) is 0 Å². The van der Waals surface area contributed by atoms with Gasteiger partial charge in [0.15, 0.2) is 21.3 Å². The largest absolute Gasteiger partial charge is 0.493 e. The third-order valence-corrected chi connectivity index (χ3v) is 9.82. The van der Waals surface area contributed by atoms with Crippen molar-refractivity contribution in [2.45, 2.75) is 64.0 Å². The Kier molecular flexibility index (Phi) is 9.94. The molecule has 1 saturated heterocycles. The van der Waals surface area contributed by atoms with E-state index in [9.17, 15) is 8.42 Å². The van der Waals surface area contributed by atoms with Crippen molar-refractivity contribution in [2.24, 2.45) is 0 Å². The Morgan fingerprint density at radius 1 is 0.722 bits per heavy atom. The molecule has 0 amide bonds. The summed E-state index contributed by atoms with van der Waals surface area (Å²) in [5, 5.41) is 0. The van der Waals surface area contributed by atoms with Gasteiger partial charge in [0.2, 0.25) is 0 Å². The molecule has 2 aromatic carbocycles. The van der Waals surface area contributed by atoms with Crippen LogP contribution in [-0.2, 0) is 16.3 Å². The number of anilines is 2. The fourth-order valence-electron chi connectivity index (χ4n) is 4.58. The van der Waals surface area contributed by atoms with Crippen LogP contribution in [0, 0.1) is 0 Å². The highest BCUT2D eigenvalue weighted by atomic mass is 32.2. The fourth-order valence-corrected chi connectivity index (χ4v) is 5.77. The maximum absolute atomic E-state index is 12.2. The summed E-state index contributed by atoms with van der Waals surface area (Å²) in [6.07, 6.45) is 6.23. The third kappa shape index (κ3) is 7.55. The van der Waals surface area contributed by atoms with Gasteiger partial charge in [0.1, 0.15) is 0 Å². The second kappa shape index (κ2) is 12.7. The molecule has 200 valence electrons. The van der Waals surface area contributed by atoms with E-state index in [0.717, 1.165) is 76.2 Å². The minimum atomic E-state index is -2.99. The zero-order valence-corrected chi connectivity index (χ0v) is 23.6. The molecule has 0 N–H and O–H groups in total. The number of rotatable bonds is 12. The summed E-state index contributed by atoms with van der Waals surface area (Å²) in [6.45, 7) is 9.26. The Bertz CT molecular complexity index is 1050. The summed E-state index contributed by atoms with van der Waals surface area (Å²) in [4.78, 5) is 4.85. The van der Waals surface area contributed by atoms with Gasteiger partial charge in [-0.15, -0.1) is 0 Å². The fraction of sp³-hybridized carbons (Fsp3) is 0.586. The van der Waals surface area contributed by atoms with E-state index >= 15 is 0 Å². The van der Waals surface area contributed by atoms with Crippen LogP contribution in [0.15, 0.2) is 42.5 Å². The summed E-state index contributed by atoms with van der Waals surface area (Å²) in [6, 6.07) is 15.1. The van der Waals surface area contributed by atoms with E-state index in [4.69, 9.17) is 9.47 Å². The van der Waals surface area contributed by atoms with Crippen molar-refractivity contribution in [1.82, 2.24) is 0 Å². The van der Waals surface area contributed by atoms with Crippen LogP contribution in [0.25, 0.3) is 0 Å². The minimum absolute atomic E-state index is 0.306. The van der Waals surface area contributed by atoms with Crippen molar-refractivity contribution < 1.29 is 17.9 Å². The Hall–Kier alpha value is -2.41. The summed E-state index contributed by atoms with van der Waals surface area (Å²) < 4.78 is 34.5. The molecular weight excluding hydrogens is 472 g/mol. The third-order valence-electron chi connectivity index (χ3n) is 7.12. The molecule has 0 spiro atoms. The molecule has 1 aliphatic heterocycles. The highest BCUT2D eigenvalue weighted by Crippen LogP contribution is 2.32. The quantitative estimate of drug-likeness (QED) is 0.336. The van der Waals surface area contributed by atoms with Gasteiger partial charge in [-0.05, 0) is 69.9 Å². The normalized spacial score (nSPS) is 14.7. The van der Waals surface area contributed by atoms with E-state index in [1.165, 1.54) is 16.9 Å². The van der Waals surface area contributed by atoms with Crippen LogP contribution in [-0.4, -0.2) is 59.3 Å². The average Bonchev–Trinajstić information content (AvgIpc) is 2.87. The predicted molar refractivity (Wildman–Crippen MR) is 151 cm³/mol.